The van der Waals surface area contributed by atoms with Crippen LogP contribution in [-0.2, 0) is 0 Å². The topological polar surface area (TPSA) is 83.0 Å². The van der Waals surface area contributed by atoms with Gasteiger partial charge in [0.25, 0.3) is 0 Å². The summed E-state index contributed by atoms with van der Waals surface area (Å²) in [5.41, 5.74) is 6.06. The molecule has 6 heteroatoms. The van der Waals surface area contributed by atoms with Crippen LogP contribution in [0.5, 0.6) is 11.5 Å². The average molecular weight is 410 g/mol. The van der Waals surface area contributed by atoms with Crippen LogP contribution in [0.3, 0.4) is 0 Å². The zero-order valence-electron chi connectivity index (χ0n) is 17.6. The van der Waals surface area contributed by atoms with Crippen molar-refractivity contribution < 1.29 is 9.47 Å². The second kappa shape index (κ2) is 8.64. The number of benzene rings is 2. The molecule has 6 nitrogen and oxygen atoms in total. The third-order valence-electron chi connectivity index (χ3n) is 5.22. The molecule has 0 bridgehead atoms. The summed E-state index contributed by atoms with van der Waals surface area (Å²) in [5.74, 6) is 1.33. The lowest BCUT2D eigenvalue weighted by atomic mass is 10.1. The highest BCUT2D eigenvalue weighted by molar-refractivity contribution is 5.90. The third kappa shape index (κ3) is 3.94. The maximum atomic E-state index is 9.65. The summed E-state index contributed by atoms with van der Waals surface area (Å²) in [6.07, 6.45) is 9.12. The Labute approximate surface area is 180 Å². The van der Waals surface area contributed by atoms with Crippen molar-refractivity contribution in [1.82, 2.24) is 9.97 Å². The number of aromatic nitrogens is 2. The van der Waals surface area contributed by atoms with Crippen molar-refractivity contribution in [1.29, 1.82) is 5.26 Å². The van der Waals surface area contributed by atoms with Crippen LogP contribution in [0.2, 0.25) is 0 Å². The van der Waals surface area contributed by atoms with Gasteiger partial charge in [-0.3, -0.25) is 4.98 Å². The highest BCUT2D eigenvalue weighted by Gasteiger charge is 2.11. The van der Waals surface area contributed by atoms with E-state index in [1.165, 1.54) is 0 Å². The molecule has 0 spiro atoms. The lowest BCUT2D eigenvalue weighted by molar-refractivity contribution is 0.355. The van der Waals surface area contributed by atoms with Gasteiger partial charge in [0.1, 0.15) is 6.07 Å². The molecule has 0 saturated heterocycles. The number of hydrogen-bond donors (Lipinski definition) is 2. The van der Waals surface area contributed by atoms with Gasteiger partial charge < -0.3 is 19.8 Å². The summed E-state index contributed by atoms with van der Waals surface area (Å²) < 4.78 is 10.7. The number of methoxy groups -OCH3 is 2. The number of hydrogen-bond acceptors (Lipinski definition) is 5. The van der Waals surface area contributed by atoms with Crippen LogP contribution in [0, 0.1) is 18.3 Å². The van der Waals surface area contributed by atoms with E-state index in [2.05, 4.69) is 28.3 Å². The summed E-state index contributed by atoms with van der Waals surface area (Å²) in [7, 11) is 3.22. The normalized spacial score (nSPS) is 10.9. The second-order valence-corrected chi connectivity index (χ2v) is 7.01. The van der Waals surface area contributed by atoms with Crippen molar-refractivity contribution in [3.63, 3.8) is 0 Å². The number of nitrogens with one attached hydrogen (secondary N) is 2. The Morgan fingerprint density at radius 1 is 1.03 bits per heavy atom. The highest BCUT2D eigenvalue weighted by Crippen LogP contribution is 2.32. The van der Waals surface area contributed by atoms with Gasteiger partial charge in [-0.05, 0) is 48.4 Å². The van der Waals surface area contributed by atoms with Gasteiger partial charge in [0.05, 0.1) is 25.5 Å². The number of rotatable bonds is 6. The number of pyridine rings is 1. The Kier molecular flexibility index (Phi) is 5.59. The Hall–Kier alpha value is -4.24. The molecule has 0 aliphatic carbocycles. The summed E-state index contributed by atoms with van der Waals surface area (Å²) >= 11 is 0. The zero-order valence-corrected chi connectivity index (χ0v) is 17.6. The number of ether oxygens (including phenoxy) is 2. The number of fused-ring (bicyclic) bond motifs is 1. The SMILES string of the molecule is COc1ccc(C=Cc2cncc(C#N)c2Nc2ccc3[nH]ccc3c2C)cc1OC. The Bertz CT molecular complexity index is 1320. The number of aryl methyl sites for hydroxylation is 1. The molecule has 0 aliphatic heterocycles. The quantitative estimate of drug-likeness (QED) is 0.428. The van der Waals surface area contributed by atoms with E-state index in [4.69, 9.17) is 9.47 Å². The molecule has 31 heavy (non-hydrogen) atoms. The molecule has 4 aromatic rings. The molecule has 0 atom stereocenters. The van der Waals surface area contributed by atoms with Crippen molar-refractivity contribution in [3.8, 4) is 17.6 Å². The van der Waals surface area contributed by atoms with E-state index in [0.29, 0.717) is 22.7 Å². The molecule has 0 aliphatic rings. The van der Waals surface area contributed by atoms with E-state index in [-0.39, 0.29) is 0 Å². The largest absolute Gasteiger partial charge is 0.493 e. The molecule has 2 aromatic heterocycles. The first-order valence-corrected chi connectivity index (χ1v) is 9.76. The zero-order chi connectivity index (χ0) is 21.8. The van der Waals surface area contributed by atoms with Crippen LogP contribution >= 0.6 is 0 Å². The molecular weight excluding hydrogens is 388 g/mol. The third-order valence-corrected chi connectivity index (χ3v) is 5.22. The van der Waals surface area contributed by atoms with E-state index in [1.54, 1.807) is 26.6 Å². The van der Waals surface area contributed by atoms with E-state index in [1.807, 2.05) is 54.7 Å². The van der Waals surface area contributed by atoms with Gasteiger partial charge in [-0.15, -0.1) is 0 Å². The van der Waals surface area contributed by atoms with Crippen molar-refractivity contribution in [2.75, 3.05) is 19.5 Å². The molecule has 2 aromatic carbocycles. The standard InChI is InChI=1S/C25H22N4O2/c1-16-20-10-11-28-22(20)8-7-21(16)29-25-18(14-27-15-19(25)13-26)6-4-17-5-9-23(30-2)24(12-17)31-3/h4-12,14-15,28H,1-3H3,(H,27,29). The summed E-state index contributed by atoms with van der Waals surface area (Å²) in [6.45, 7) is 2.06. The van der Waals surface area contributed by atoms with Gasteiger partial charge in [-0.1, -0.05) is 18.2 Å². The maximum Gasteiger partial charge on any atom is 0.161 e. The molecule has 0 radical (unpaired) electrons. The lowest BCUT2D eigenvalue weighted by Crippen LogP contribution is -1.99. The number of H-pyrrole nitrogens is 1. The summed E-state index contributed by atoms with van der Waals surface area (Å²) in [4.78, 5) is 7.45. The van der Waals surface area contributed by atoms with Crippen molar-refractivity contribution >= 4 is 34.4 Å². The second-order valence-electron chi connectivity index (χ2n) is 7.01. The summed E-state index contributed by atoms with van der Waals surface area (Å²) in [5, 5.41) is 14.2. The van der Waals surface area contributed by atoms with Gasteiger partial charge in [-0.2, -0.15) is 5.26 Å². The molecule has 0 fully saturated rings. The predicted octanol–water partition coefficient (Wildman–Crippen LogP) is 5.67. The maximum absolute atomic E-state index is 9.65. The predicted molar refractivity (Wildman–Crippen MR) is 124 cm³/mol. The monoisotopic (exact) mass is 410 g/mol. The molecule has 0 amide bonds. The van der Waals surface area contributed by atoms with Crippen molar-refractivity contribution in [3.05, 3.63) is 77.2 Å². The van der Waals surface area contributed by atoms with Gasteiger partial charge in [0, 0.05) is 40.7 Å². The van der Waals surface area contributed by atoms with Gasteiger partial charge in [0.15, 0.2) is 11.5 Å². The van der Waals surface area contributed by atoms with Crippen LogP contribution in [0.25, 0.3) is 23.1 Å². The highest BCUT2D eigenvalue weighted by atomic mass is 16.5. The molecule has 0 unspecified atom stereocenters. The number of aromatic amines is 1. The first-order chi connectivity index (χ1) is 15.1. The number of anilines is 2. The fourth-order valence-electron chi connectivity index (χ4n) is 3.52. The van der Waals surface area contributed by atoms with Crippen molar-refractivity contribution in [2.45, 2.75) is 6.92 Å². The van der Waals surface area contributed by atoms with Crippen LogP contribution in [0.15, 0.2) is 55.0 Å². The van der Waals surface area contributed by atoms with Crippen LogP contribution in [0.1, 0.15) is 22.3 Å². The molecule has 154 valence electrons. The Balaban J connectivity index is 1.72. The van der Waals surface area contributed by atoms with E-state index in [9.17, 15) is 5.26 Å². The van der Waals surface area contributed by atoms with E-state index >= 15 is 0 Å². The first kappa shape index (κ1) is 20.0. The van der Waals surface area contributed by atoms with Gasteiger partial charge >= 0.3 is 0 Å². The minimum Gasteiger partial charge on any atom is -0.493 e. The molecule has 4 rings (SSSR count). The fourth-order valence-corrected chi connectivity index (χ4v) is 3.52. The van der Waals surface area contributed by atoms with Gasteiger partial charge in [0.2, 0.25) is 0 Å². The average Bonchev–Trinajstić information content (AvgIpc) is 3.29. The van der Waals surface area contributed by atoms with Crippen LogP contribution < -0.4 is 14.8 Å². The Morgan fingerprint density at radius 2 is 1.87 bits per heavy atom. The van der Waals surface area contributed by atoms with Gasteiger partial charge in [-0.25, -0.2) is 0 Å². The van der Waals surface area contributed by atoms with Crippen LogP contribution in [-0.4, -0.2) is 24.2 Å². The van der Waals surface area contributed by atoms with Crippen molar-refractivity contribution in [2.24, 2.45) is 0 Å². The first-order valence-electron chi connectivity index (χ1n) is 9.76. The minimum absolute atomic E-state index is 0.475. The minimum atomic E-state index is 0.475. The molecular formula is C25H22N4O2. The lowest BCUT2D eigenvalue weighted by Gasteiger charge is -2.14. The number of nitriles is 1. The molecule has 0 saturated carbocycles. The smallest absolute Gasteiger partial charge is 0.161 e. The van der Waals surface area contributed by atoms with E-state index in [0.717, 1.165) is 33.3 Å². The summed E-state index contributed by atoms with van der Waals surface area (Å²) in [6, 6.07) is 14.0. The van der Waals surface area contributed by atoms with E-state index < -0.39 is 0 Å². The Morgan fingerprint density at radius 3 is 2.65 bits per heavy atom. The molecule has 2 N–H and O–H groups in total. The van der Waals surface area contributed by atoms with Crippen LogP contribution in [0.4, 0.5) is 11.4 Å². The molecule has 2 heterocycles. The fraction of sp³-hybridized carbons (Fsp3) is 0.120. The number of nitrogens with zero attached hydrogens (tertiary/aromatic N) is 2.